The van der Waals surface area contributed by atoms with Gasteiger partial charge < -0.3 is 5.32 Å². The number of benzene rings is 1. The highest BCUT2D eigenvalue weighted by Crippen LogP contribution is 2.21. The molecule has 7 nitrogen and oxygen atoms in total. The van der Waals surface area contributed by atoms with Crippen LogP contribution >= 0.6 is 0 Å². The zero-order valence-electron chi connectivity index (χ0n) is 14.1. The van der Waals surface area contributed by atoms with Crippen LogP contribution in [0.25, 0.3) is 16.6 Å². The Bertz CT molecular complexity index is 1070. The zero-order valence-corrected chi connectivity index (χ0v) is 14.1. The Morgan fingerprint density at radius 1 is 1.12 bits per heavy atom. The summed E-state index contributed by atoms with van der Waals surface area (Å²) in [6, 6.07) is 13.4. The summed E-state index contributed by atoms with van der Waals surface area (Å²) in [5.74, 6) is -0.272. The van der Waals surface area contributed by atoms with Crippen LogP contribution in [0.4, 0.5) is 0 Å². The third-order valence-corrected chi connectivity index (χ3v) is 4.13. The standard InChI is InChI=1S/C19H16N6O/c1-13-17(19(26)22-12-14-5-3-9-20-11-14)23-24-25(13)16-8-2-6-15-7-4-10-21-18(15)16/h2-11H,12H2,1H3,(H,22,26). The number of carbonyl (C=O) groups excluding carboxylic acids is 1. The molecule has 0 aliphatic rings. The van der Waals surface area contributed by atoms with Crippen molar-refractivity contribution in [2.24, 2.45) is 0 Å². The van der Waals surface area contributed by atoms with Crippen molar-refractivity contribution in [2.75, 3.05) is 0 Å². The van der Waals surface area contributed by atoms with Crippen molar-refractivity contribution in [1.29, 1.82) is 0 Å². The number of para-hydroxylation sites is 1. The van der Waals surface area contributed by atoms with Crippen molar-refractivity contribution in [3.8, 4) is 5.69 Å². The quantitative estimate of drug-likeness (QED) is 0.614. The van der Waals surface area contributed by atoms with Crippen LogP contribution in [0.1, 0.15) is 21.7 Å². The van der Waals surface area contributed by atoms with Crippen LogP contribution in [-0.4, -0.2) is 30.9 Å². The lowest BCUT2D eigenvalue weighted by Gasteiger charge is -2.07. The van der Waals surface area contributed by atoms with E-state index in [0.29, 0.717) is 17.9 Å². The Hall–Kier alpha value is -3.61. The van der Waals surface area contributed by atoms with Crippen LogP contribution < -0.4 is 5.32 Å². The Labute approximate surface area is 149 Å². The molecule has 1 N–H and O–H groups in total. The fourth-order valence-electron chi connectivity index (χ4n) is 2.80. The molecule has 0 aliphatic carbocycles. The number of pyridine rings is 2. The highest BCUT2D eigenvalue weighted by atomic mass is 16.2. The van der Waals surface area contributed by atoms with Gasteiger partial charge in [0.05, 0.1) is 16.9 Å². The lowest BCUT2D eigenvalue weighted by atomic mass is 10.2. The van der Waals surface area contributed by atoms with E-state index in [1.54, 1.807) is 23.3 Å². The fourth-order valence-corrected chi connectivity index (χ4v) is 2.80. The van der Waals surface area contributed by atoms with Crippen LogP contribution in [0.5, 0.6) is 0 Å². The maximum absolute atomic E-state index is 12.5. The Morgan fingerprint density at radius 2 is 1.96 bits per heavy atom. The van der Waals surface area contributed by atoms with Gasteiger partial charge in [-0.3, -0.25) is 14.8 Å². The number of carbonyl (C=O) groups is 1. The molecule has 1 aromatic carbocycles. The van der Waals surface area contributed by atoms with Gasteiger partial charge in [0.25, 0.3) is 5.91 Å². The monoisotopic (exact) mass is 344 g/mol. The summed E-state index contributed by atoms with van der Waals surface area (Å²) >= 11 is 0. The first-order chi connectivity index (χ1) is 12.7. The van der Waals surface area contributed by atoms with Gasteiger partial charge in [0.2, 0.25) is 0 Å². The van der Waals surface area contributed by atoms with Gasteiger partial charge in [-0.05, 0) is 30.7 Å². The molecule has 26 heavy (non-hydrogen) atoms. The molecule has 7 heteroatoms. The molecular formula is C19H16N6O. The minimum atomic E-state index is -0.272. The Kier molecular flexibility index (Phi) is 4.10. The second-order valence-corrected chi connectivity index (χ2v) is 5.83. The van der Waals surface area contributed by atoms with Crippen molar-refractivity contribution >= 4 is 16.8 Å². The molecule has 0 bridgehead atoms. The van der Waals surface area contributed by atoms with Crippen molar-refractivity contribution < 1.29 is 4.79 Å². The van der Waals surface area contributed by atoms with Gasteiger partial charge >= 0.3 is 0 Å². The molecule has 0 aliphatic heterocycles. The van der Waals surface area contributed by atoms with Gasteiger partial charge in [-0.15, -0.1) is 5.10 Å². The summed E-state index contributed by atoms with van der Waals surface area (Å²) in [7, 11) is 0. The number of hydrogen-bond acceptors (Lipinski definition) is 5. The van der Waals surface area contributed by atoms with Crippen LogP contribution in [-0.2, 0) is 6.54 Å². The fraction of sp³-hybridized carbons (Fsp3) is 0.105. The van der Waals surface area contributed by atoms with E-state index in [1.807, 2.05) is 49.4 Å². The first-order valence-corrected chi connectivity index (χ1v) is 8.17. The van der Waals surface area contributed by atoms with E-state index in [0.717, 1.165) is 22.2 Å². The molecule has 0 radical (unpaired) electrons. The van der Waals surface area contributed by atoms with Gasteiger partial charge in [0, 0.05) is 30.5 Å². The normalized spacial score (nSPS) is 10.8. The predicted molar refractivity (Wildman–Crippen MR) is 96.8 cm³/mol. The minimum absolute atomic E-state index is 0.272. The minimum Gasteiger partial charge on any atom is -0.346 e. The van der Waals surface area contributed by atoms with Gasteiger partial charge in [-0.25, -0.2) is 4.68 Å². The maximum atomic E-state index is 12.5. The average Bonchev–Trinajstić information content (AvgIpc) is 3.08. The lowest BCUT2D eigenvalue weighted by Crippen LogP contribution is -2.24. The predicted octanol–water partition coefficient (Wildman–Crippen LogP) is 2.45. The SMILES string of the molecule is Cc1c(C(=O)NCc2cccnc2)nnn1-c1cccc2cccnc12. The van der Waals surface area contributed by atoms with Crippen LogP contribution in [0.2, 0.25) is 0 Å². The van der Waals surface area contributed by atoms with Crippen LogP contribution in [0, 0.1) is 6.92 Å². The van der Waals surface area contributed by atoms with Gasteiger partial charge in [-0.1, -0.05) is 29.5 Å². The molecular weight excluding hydrogens is 328 g/mol. The first kappa shape index (κ1) is 15.9. The molecule has 4 aromatic rings. The Morgan fingerprint density at radius 3 is 2.81 bits per heavy atom. The van der Waals surface area contributed by atoms with E-state index >= 15 is 0 Å². The van der Waals surface area contributed by atoms with Crippen molar-refractivity contribution in [3.63, 3.8) is 0 Å². The van der Waals surface area contributed by atoms with Crippen LogP contribution in [0.15, 0.2) is 61.1 Å². The van der Waals surface area contributed by atoms with E-state index in [1.165, 1.54) is 0 Å². The number of fused-ring (bicyclic) bond motifs is 1. The van der Waals surface area contributed by atoms with Crippen molar-refractivity contribution in [1.82, 2.24) is 30.3 Å². The maximum Gasteiger partial charge on any atom is 0.274 e. The third kappa shape index (κ3) is 2.90. The molecule has 0 unspecified atom stereocenters. The summed E-state index contributed by atoms with van der Waals surface area (Å²) in [4.78, 5) is 21.0. The largest absolute Gasteiger partial charge is 0.346 e. The molecule has 0 atom stereocenters. The van der Waals surface area contributed by atoms with Crippen molar-refractivity contribution in [2.45, 2.75) is 13.5 Å². The molecule has 0 saturated heterocycles. The van der Waals surface area contributed by atoms with E-state index < -0.39 is 0 Å². The Balaban J connectivity index is 1.63. The number of rotatable bonds is 4. The zero-order chi connectivity index (χ0) is 17.9. The van der Waals surface area contributed by atoms with Gasteiger partial charge in [0.1, 0.15) is 0 Å². The summed E-state index contributed by atoms with van der Waals surface area (Å²) in [6.07, 6.45) is 5.14. The van der Waals surface area contributed by atoms with Gasteiger partial charge in [0.15, 0.2) is 5.69 Å². The summed E-state index contributed by atoms with van der Waals surface area (Å²) in [5.41, 5.74) is 3.47. The van der Waals surface area contributed by atoms with E-state index in [4.69, 9.17) is 0 Å². The third-order valence-electron chi connectivity index (χ3n) is 4.13. The molecule has 4 rings (SSSR count). The second kappa shape index (κ2) is 6.72. The number of aromatic nitrogens is 5. The highest BCUT2D eigenvalue weighted by Gasteiger charge is 2.18. The van der Waals surface area contributed by atoms with E-state index in [-0.39, 0.29) is 5.91 Å². The lowest BCUT2D eigenvalue weighted by molar-refractivity contribution is 0.0945. The molecule has 3 heterocycles. The van der Waals surface area contributed by atoms with E-state index in [2.05, 4.69) is 25.6 Å². The summed E-state index contributed by atoms with van der Waals surface area (Å²) in [5, 5.41) is 12.1. The molecule has 0 spiro atoms. The molecule has 0 saturated carbocycles. The number of hydrogen-bond donors (Lipinski definition) is 1. The molecule has 0 fully saturated rings. The average molecular weight is 344 g/mol. The smallest absolute Gasteiger partial charge is 0.274 e. The summed E-state index contributed by atoms with van der Waals surface area (Å²) in [6.45, 7) is 2.20. The van der Waals surface area contributed by atoms with Crippen molar-refractivity contribution in [3.05, 3.63) is 78.0 Å². The van der Waals surface area contributed by atoms with E-state index in [9.17, 15) is 4.79 Å². The number of nitrogens with zero attached hydrogens (tertiary/aromatic N) is 5. The highest BCUT2D eigenvalue weighted by molar-refractivity contribution is 5.93. The first-order valence-electron chi connectivity index (χ1n) is 8.17. The number of amides is 1. The van der Waals surface area contributed by atoms with Gasteiger partial charge in [-0.2, -0.15) is 0 Å². The molecule has 128 valence electrons. The molecule has 1 amide bonds. The second-order valence-electron chi connectivity index (χ2n) is 5.83. The number of nitrogens with one attached hydrogen (secondary N) is 1. The summed E-state index contributed by atoms with van der Waals surface area (Å²) < 4.78 is 1.65. The molecule has 3 aromatic heterocycles. The topological polar surface area (TPSA) is 85.6 Å². The van der Waals surface area contributed by atoms with Crippen LogP contribution in [0.3, 0.4) is 0 Å².